The Morgan fingerprint density at radius 1 is 1.00 bits per heavy atom. The number of anilines is 1. The molecule has 30 heavy (non-hydrogen) atoms. The summed E-state index contributed by atoms with van der Waals surface area (Å²) in [6.07, 6.45) is -0.926. The zero-order valence-corrected chi connectivity index (χ0v) is 17.7. The summed E-state index contributed by atoms with van der Waals surface area (Å²) >= 11 is 0. The number of aromatic amines is 1. The Morgan fingerprint density at radius 2 is 1.63 bits per heavy atom. The Balaban J connectivity index is 1.60. The molecule has 1 unspecified atom stereocenters. The van der Waals surface area contributed by atoms with Gasteiger partial charge >= 0.3 is 11.9 Å². The van der Waals surface area contributed by atoms with E-state index in [4.69, 9.17) is 9.47 Å². The van der Waals surface area contributed by atoms with Crippen molar-refractivity contribution in [3.8, 4) is 0 Å². The van der Waals surface area contributed by atoms with E-state index in [0.717, 1.165) is 5.69 Å². The van der Waals surface area contributed by atoms with Gasteiger partial charge in [-0.2, -0.15) is 0 Å². The molecular weight excluding hydrogens is 386 g/mol. The van der Waals surface area contributed by atoms with Gasteiger partial charge in [0.15, 0.2) is 6.10 Å². The lowest BCUT2D eigenvalue weighted by atomic mass is 10.1. The molecule has 0 bridgehead atoms. The average molecular weight is 413 g/mol. The number of amides is 1. The number of hydrogen-bond donors (Lipinski definition) is 1. The molecule has 0 aliphatic carbocycles. The van der Waals surface area contributed by atoms with Crippen molar-refractivity contribution in [2.45, 2.75) is 26.9 Å². The molecule has 1 N–H and O–H groups in total. The standard InChI is InChI=1S/C22H27N3O5/c1-14-18(21(27)29-4)15(2)23-19(14)22(28)30-16(3)20(26)25-12-10-24(11-13-25)17-8-6-5-7-9-17/h5-9,16,23H,10-13H2,1-4H3. The number of hydrogen-bond acceptors (Lipinski definition) is 6. The van der Waals surface area contributed by atoms with Crippen molar-refractivity contribution in [1.29, 1.82) is 0 Å². The van der Waals surface area contributed by atoms with E-state index in [1.807, 2.05) is 30.3 Å². The highest BCUT2D eigenvalue weighted by atomic mass is 16.5. The molecule has 8 nitrogen and oxygen atoms in total. The zero-order chi connectivity index (χ0) is 21.8. The first-order valence-electron chi connectivity index (χ1n) is 9.90. The number of rotatable bonds is 5. The zero-order valence-electron chi connectivity index (χ0n) is 17.7. The van der Waals surface area contributed by atoms with Crippen molar-refractivity contribution in [3.05, 3.63) is 52.8 Å². The van der Waals surface area contributed by atoms with Crippen LogP contribution in [0, 0.1) is 13.8 Å². The number of carbonyl (C=O) groups excluding carboxylic acids is 3. The summed E-state index contributed by atoms with van der Waals surface area (Å²) in [5, 5.41) is 0. The number of piperazine rings is 1. The van der Waals surface area contributed by atoms with Crippen LogP contribution in [0.3, 0.4) is 0 Å². The number of carbonyl (C=O) groups is 3. The van der Waals surface area contributed by atoms with Crippen LogP contribution in [0.2, 0.25) is 0 Å². The molecule has 1 aromatic carbocycles. The van der Waals surface area contributed by atoms with E-state index in [-0.39, 0.29) is 11.6 Å². The second kappa shape index (κ2) is 9.02. The summed E-state index contributed by atoms with van der Waals surface area (Å²) in [6, 6.07) is 10.0. The second-order valence-corrected chi connectivity index (χ2v) is 7.31. The first-order valence-corrected chi connectivity index (χ1v) is 9.90. The topological polar surface area (TPSA) is 91.9 Å². The molecule has 2 heterocycles. The Bertz CT molecular complexity index is 930. The molecular formula is C22H27N3O5. The van der Waals surface area contributed by atoms with Crippen molar-refractivity contribution in [3.63, 3.8) is 0 Å². The van der Waals surface area contributed by atoms with Crippen LogP contribution in [-0.2, 0) is 14.3 Å². The number of para-hydroxylation sites is 1. The number of H-pyrrole nitrogens is 1. The number of aryl methyl sites for hydroxylation is 1. The molecule has 2 aromatic rings. The highest BCUT2D eigenvalue weighted by molar-refractivity contribution is 5.99. The van der Waals surface area contributed by atoms with Crippen molar-refractivity contribution in [2.24, 2.45) is 0 Å². The predicted octanol–water partition coefficient (Wildman–Crippen LogP) is 2.31. The van der Waals surface area contributed by atoms with Crippen LogP contribution < -0.4 is 4.90 Å². The lowest BCUT2D eigenvalue weighted by Gasteiger charge is -2.37. The molecule has 160 valence electrons. The number of nitrogens with zero attached hydrogens (tertiary/aromatic N) is 2. The van der Waals surface area contributed by atoms with Crippen LogP contribution in [0.5, 0.6) is 0 Å². The van der Waals surface area contributed by atoms with E-state index in [1.165, 1.54) is 7.11 Å². The van der Waals surface area contributed by atoms with Crippen molar-refractivity contribution < 1.29 is 23.9 Å². The molecule has 8 heteroatoms. The largest absolute Gasteiger partial charge is 0.465 e. The van der Waals surface area contributed by atoms with Gasteiger partial charge in [-0.15, -0.1) is 0 Å². The Hall–Kier alpha value is -3.29. The summed E-state index contributed by atoms with van der Waals surface area (Å²) < 4.78 is 10.2. The van der Waals surface area contributed by atoms with Crippen LogP contribution >= 0.6 is 0 Å². The monoisotopic (exact) mass is 413 g/mol. The first-order chi connectivity index (χ1) is 14.3. The average Bonchev–Trinajstić information content (AvgIpc) is 3.07. The lowest BCUT2D eigenvalue weighted by Crippen LogP contribution is -2.51. The van der Waals surface area contributed by atoms with Gasteiger partial charge in [0.05, 0.1) is 12.7 Å². The maximum atomic E-state index is 12.8. The van der Waals surface area contributed by atoms with E-state index in [1.54, 1.807) is 25.7 Å². The quantitative estimate of drug-likeness (QED) is 0.757. The van der Waals surface area contributed by atoms with Gasteiger partial charge in [0, 0.05) is 37.6 Å². The van der Waals surface area contributed by atoms with Gasteiger partial charge in [-0.3, -0.25) is 4.79 Å². The minimum Gasteiger partial charge on any atom is -0.465 e. The second-order valence-electron chi connectivity index (χ2n) is 7.31. The van der Waals surface area contributed by atoms with Gasteiger partial charge < -0.3 is 24.3 Å². The summed E-state index contributed by atoms with van der Waals surface area (Å²) in [4.78, 5) is 44.1. The molecule has 0 radical (unpaired) electrons. The number of aromatic nitrogens is 1. The molecule has 0 saturated carbocycles. The third-order valence-corrected chi connectivity index (χ3v) is 5.38. The van der Waals surface area contributed by atoms with Crippen molar-refractivity contribution in [1.82, 2.24) is 9.88 Å². The SMILES string of the molecule is COC(=O)c1c(C)[nH]c(C(=O)OC(C)C(=O)N2CCN(c3ccccc3)CC2)c1C. The van der Waals surface area contributed by atoms with Gasteiger partial charge in [-0.25, -0.2) is 9.59 Å². The normalized spacial score (nSPS) is 14.9. The number of benzene rings is 1. The van der Waals surface area contributed by atoms with Gasteiger partial charge in [-0.05, 0) is 38.5 Å². The molecule has 1 fully saturated rings. The van der Waals surface area contributed by atoms with Gasteiger partial charge in [0.2, 0.25) is 0 Å². The van der Waals surface area contributed by atoms with E-state index in [0.29, 0.717) is 43.0 Å². The van der Waals surface area contributed by atoms with Crippen LogP contribution in [0.4, 0.5) is 5.69 Å². The summed E-state index contributed by atoms with van der Waals surface area (Å²) in [5.74, 6) is -1.43. The maximum absolute atomic E-state index is 12.8. The molecule has 1 aliphatic heterocycles. The third-order valence-electron chi connectivity index (χ3n) is 5.38. The summed E-state index contributed by atoms with van der Waals surface area (Å²) in [6.45, 7) is 7.43. The highest BCUT2D eigenvalue weighted by Crippen LogP contribution is 2.21. The van der Waals surface area contributed by atoms with Crippen molar-refractivity contribution in [2.75, 3.05) is 38.2 Å². The fourth-order valence-corrected chi connectivity index (χ4v) is 3.71. The minimum absolute atomic E-state index is 0.154. The Kier molecular flexibility index (Phi) is 6.44. The molecule has 0 spiro atoms. The number of nitrogens with one attached hydrogen (secondary N) is 1. The van der Waals surface area contributed by atoms with Crippen molar-refractivity contribution >= 4 is 23.5 Å². The van der Waals surface area contributed by atoms with Crippen LogP contribution in [0.25, 0.3) is 0 Å². The molecule has 1 saturated heterocycles. The van der Waals surface area contributed by atoms with Crippen LogP contribution in [0.1, 0.15) is 39.0 Å². The highest BCUT2D eigenvalue weighted by Gasteiger charge is 2.30. The third kappa shape index (κ3) is 4.32. The smallest absolute Gasteiger partial charge is 0.355 e. The van der Waals surface area contributed by atoms with Crippen LogP contribution in [-0.4, -0.2) is 67.1 Å². The van der Waals surface area contributed by atoms with E-state index < -0.39 is 18.0 Å². The predicted molar refractivity (Wildman–Crippen MR) is 112 cm³/mol. The summed E-state index contributed by atoms with van der Waals surface area (Å²) in [7, 11) is 1.28. The van der Waals surface area contributed by atoms with E-state index >= 15 is 0 Å². The number of esters is 2. The molecule has 1 aliphatic rings. The van der Waals surface area contributed by atoms with E-state index in [9.17, 15) is 14.4 Å². The van der Waals surface area contributed by atoms with Gasteiger partial charge in [-0.1, -0.05) is 18.2 Å². The fraction of sp³-hybridized carbons (Fsp3) is 0.409. The molecule has 1 amide bonds. The molecule has 1 aromatic heterocycles. The maximum Gasteiger partial charge on any atom is 0.355 e. The lowest BCUT2D eigenvalue weighted by molar-refractivity contribution is -0.140. The summed E-state index contributed by atoms with van der Waals surface area (Å²) in [5.41, 5.74) is 2.55. The number of methoxy groups -OCH3 is 1. The number of ether oxygens (including phenoxy) is 2. The Morgan fingerprint density at radius 3 is 2.23 bits per heavy atom. The van der Waals surface area contributed by atoms with Gasteiger partial charge in [0.1, 0.15) is 5.69 Å². The van der Waals surface area contributed by atoms with Crippen LogP contribution in [0.15, 0.2) is 30.3 Å². The Labute approximate surface area is 175 Å². The fourth-order valence-electron chi connectivity index (χ4n) is 3.71. The molecule has 3 rings (SSSR count). The minimum atomic E-state index is -0.926. The van der Waals surface area contributed by atoms with E-state index in [2.05, 4.69) is 9.88 Å². The first kappa shape index (κ1) is 21.4. The molecule has 1 atom stereocenters. The van der Waals surface area contributed by atoms with Gasteiger partial charge in [0.25, 0.3) is 5.91 Å².